The molecule has 0 aliphatic carbocycles. The highest BCUT2D eigenvalue weighted by molar-refractivity contribution is 7.80. The first kappa shape index (κ1) is 16.5. The van der Waals surface area contributed by atoms with E-state index in [2.05, 4.69) is 19.4 Å². The molecule has 0 unspecified atom stereocenters. The van der Waals surface area contributed by atoms with Gasteiger partial charge in [-0.2, -0.15) is 8.75 Å². The van der Waals surface area contributed by atoms with Crippen molar-refractivity contribution in [1.29, 1.82) is 0 Å². The van der Waals surface area contributed by atoms with E-state index in [0.717, 1.165) is 45.1 Å². The maximum atomic E-state index is 12.3. The summed E-state index contributed by atoms with van der Waals surface area (Å²) in [6.07, 6.45) is 0. The van der Waals surface area contributed by atoms with Crippen LogP contribution in [0.25, 0.3) is 11.0 Å². The van der Waals surface area contributed by atoms with Crippen LogP contribution in [-0.4, -0.2) is 19.8 Å². The number of aromatic nitrogens is 2. The lowest BCUT2D eigenvalue weighted by atomic mass is 10.1. The fourth-order valence-electron chi connectivity index (χ4n) is 2.31. The van der Waals surface area contributed by atoms with Crippen molar-refractivity contribution in [2.45, 2.75) is 20.8 Å². The zero-order chi connectivity index (χ0) is 17.3. The normalized spacial score (nSPS) is 10.6. The Kier molecular flexibility index (Phi) is 4.55. The van der Waals surface area contributed by atoms with Crippen LogP contribution in [0.3, 0.4) is 0 Å². The molecule has 7 heteroatoms. The van der Waals surface area contributed by atoms with E-state index in [0.29, 0.717) is 5.56 Å². The number of hydrogen-bond donors (Lipinski definition) is 2. The van der Waals surface area contributed by atoms with Crippen LogP contribution in [0.15, 0.2) is 30.3 Å². The molecule has 1 aromatic heterocycles. The molecule has 3 aromatic rings. The quantitative estimate of drug-likeness (QED) is 0.685. The van der Waals surface area contributed by atoms with Gasteiger partial charge in [0.25, 0.3) is 5.91 Å². The smallest absolute Gasteiger partial charge is 0.257 e. The Morgan fingerprint density at radius 1 is 1.04 bits per heavy atom. The Morgan fingerprint density at radius 2 is 1.79 bits per heavy atom. The number of amides is 1. The first-order valence-corrected chi connectivity index (χ1v) is 8.51. The molecular weight excluding hydrogens is 340 g/mol. The zero-order valence-electron chi connectivity index (χ0n) is 13.5. The van der Waals surface area contributed by atoms with Gasteiger partial charge in [-0.1, -0.05) is 12.1 Å². The number of thiocarbonyl (C=S) groups is 1. The summed E-state index contributed by atoms with van der Waals surface area (Å²) in [5.74, 6) is -0.239. The first-order chi connectivity index (χ1) is 11.5. The second kappa shape index (κ2) is 6.62. The second-order valence-corrected chi connectivity index (χ2v) is 6.53. The third-order valence-electron chi connectivity index (χ3n) is 3.87. The van der Waals surface area contributed by atoms with Crippen molar-refractivity contribution in [3.05, 3.63) is 52.6 Å². The molecular formula is C17H16N4OS2. The lowest BCUT2D eigenvalue weighted by molar-refractivity contribution is 0.0977. The molecule has 0 bridgehead atoms. The van der Waals surface area contributed by atoms with Crippen molar-refractivity contribution in [3.63, 3.8) is 0 Å². The zero-order valence-corrected chi connectivity index (χ0v) is 15.1. The van der Waals surface area contributed by atoms with Crippen LogP contribution in [0.4, 0.5) is 5.69 Å². The number of fused-ring (bicyclic) bond motifs is 1. The maximum Gasteiger partial charge on any atom is 0.257 e. The van der Waals surface area contributed by atoms with Crippen molar-refractivity contribution in [2.75, 3.05) is 5.32 Å². The maximum absolute atomic E-state index is 12.3. The molecule has 1 amide bonds. The average molecular weight is 356 g/mol. The van der Waals surface area contributed by atoms with Crippen LogP contribution in [0, 0.1) is 20.8 Å². The van der Waals surface area contributed by atoms with Gasteiger partial charge in [0, 0.05) is 5.56 Å². The highest BCUT2D eigenvalue weighted by Crippen LogP contribution is 2.25. The molecule has 0 saturated carbocycles. The number of anilines is 1. The molecule has 0 spiro atoms. The molecule has 24 heavy (non-hydrogen) atoms. The van der Waals surface area contributed by atoms with Gasteiger partial charge >= 0.3 is 0 Å². The largest absolute Gasteiger partial charge is 0.330 e. The van der Waals surface area contributed by atoms with Gasteiger partial charge in [0.1, 0.15) is 11.0 Å². The summed E-state index contributed by atoms with van der Waals surface area (Å²) in [4.78, 5) is 12.3. The van der Waals surface area contributed by atoms with Crippen molar-refractivity contribution in [2.24, 2.45) is 0 Å². The van der Waals surface area contributed by atoms with Crippen LogP contribution in [0.5, 0.6) is 0 Å². The van der Waals surface area contributed by atoms with Crippen LogP contribution in [0.1, 0.15) is 27.0 Å². The third kappa shape index (κ3) is 3.27. The molecule has 1 heterocycles. The Morgan fingerprint density at radius 3 is 2.54 bits per heavy atom. The highest BCUT2D eigenvalue weighted by atomic mass is 32.1. The van der Waals surface area contributed by atoms with Crippen molar-refractivity contribution >= 4 is 51.7 Å². The number of aryl methyl sites for hydroxylation is 3. The number of hydrogen-bond acceptors (Lipinski definition) is 5. The highest BCUT2D eigenvalue weighted by Gasteiger charge is 2.13. The molecule has 5 nitrogen and oxygen atoms in total. The molecule has 2 aromatic carbocycles. The lowest BCUT2D eigenvalue weighted by Gasteiger charge is -2.12. The van der Waals surface area contributed by atoms with Crippen molar-refractivity contribution in [1.82, 2.24) is 14.1 Å². The van der Waals surface area contributed by atoms with E-state index in [1.165, 1.54) is 0 Å². The molecule has 0 radical (unpaired) electrons. The van der Waals surface area contributed by atoms with E-state index < -0.39 is 0 Å². The summed E-state index contributed by atoms with van der Waals surface area (Å²) in [6, 6.07) is 9.42. The molecule has 3 rings (SSSR count). The monoisotopic (exact) mass is 356 g/mol. The molecule has 122 valence electrons. The van der Waals surface area contributed by atoms with Gasteiger partial charge in [-0.3, -0.25) is 10.1 Å². The molecule has 0 aliphatic rings. The van der Waals surface area contributed by atoms with Gasteiger partial charge in [0.15, 0.2) is 5.11 Å². The third-order valence-corrected chi connectivity index (χ3v) is 4.62. The molecule has 0 atom stereocenters. The molecule has 2 N–H and O–H groups in total. The first-order valence-electron chi connectivity index (χ1n) is 7.37. The van der Waals surface area contributed by atoms with E-state index in [1.54, 1.807) is 6.07 Å². The van der Waals surface area contributed by atoms with Gasteiger partial charge in [-0.15, -0.1) is 0 Å². The Balaban J connectivity index is 1.77. The van der Waals surface area contributed by atoms with Crippen LogP contribution in [-0.2, 0) is 0 Å². The predicted octanol–water partition coefficient (Wildman–Crippen LogP) is 3.74. The van der Waals surface area contributed by atoms with Gasteiger partial charge in [0.2, 0.25) is 0 Å². The summed E-state index contributed by atoms with van der Waals surface area (Å²) >= 11 is 6.43. The van der Waals surface area contributed by atoms with Gasteiger partial charge < -0.3 is 5.32 Å². The van der Waals surface area contributed by atoms with Crippen LogP contribution < -0.4 is 10.6 Å². The molecule has 0 aliphatic heterocycles. The van der Waals surface area contributed by atoms with E-state index in [9.17, 15) is 4.79 Å². The minimum atomic E-state index is -0.239. The number of nitrogens with zero attached hydrogens (tertiary/aromatic N) is 2. The number of nitrogens with one attached hydrogen (secondary N) is 2. The summed E-state index contributed by atoms with van der Waals surface area (Å²) in [6.45, 7) is 5.94. The average Bonchev–Trinajstić information content (AvgIpc) is 3.01. The summed E-state index contributed by atoms with van der Waals surface area (Å²) in [7, 11) is 0. The topological polar surface area (TPSA) is 66.9 Å². The standard InChI is InChI=1S/C17H16N4OS2/c1-9-4-6-12(8-11(9)3)16(22)19-17(23)18-14-10(2)5-7-13-15(14)21-24-20-13/h4-8H,1-3H3,(H2,18,19,22,23). The lowest BCUT2D eigenvalue weighted by Crippen LogP contribution is -2.34. The summed E-state index contributed by atoms with van der Waals surface area (Å²) < 4.78 is 8.50. The van der Waals surface area contributed by atoms with Gasteiger partial charge in [0.05, 0.1) is 17.4 Å². The van der Waals surface area contributed by atoms with E-state index >= 15 is 0 Å². The second-order valence-electron chi connectivity index (χ2n) is 5.60. The summed E-state index contributed by atoms with van der Waals surface area (Å²) in [5.41, 5.74) is 6.09. The SMILES string of the molecule is Cc1ccc(C(=O)NC(=S)Nc2c(C)ccc3nsnc23)cc1C. The fraction of sp³-hybridized carbons (Fsp3) is 0.176. The number of carbonyl (C=O) groups excluding carboxylic acids is 1. The van der Waals surface area contributed by atoms with E-state index in [-0.39, 0.29) is 11.0 Å². The Labute approximate surface area is 149 Å². The van der Waals surface area contributed by atoms with Crippen LogP contribution in [0.2, 0.25) is 0 Å². The van der Waals surface area contributed by atoms with Gasteiger partial charge in [-0.25, -0.2) is 0 Å². The number of carbonyl (C=O) groups is 1. The van der Waals surface area contributed by atoms with E-state index in [1.807, 2.05) is 45.0 Å². The fourth-order valence-corrected chi connectivity index (χ4v) is 3.05. The summed E-state index contributed by atoms with van der Waals surface area (Å²) in [5, 5.41) is 6.02. The Bertz CT molecular complexity index is 949. The minimum absolute atomic E-state index is 0.238. The molecule has 0 fully saturated rings. The minimum Gasteiger partial charge on any atom is -0.330 e. The van der Waals surface area contributed by atoms with Crippen LogP contribution >= 0.6 is 23.9 Å². The number of rotatable bonds is 2. The van der Waals surface area contributed by atoms with Crippen molar-refractivity contribution < 1.29 is 4.79 Å². The molecule has 0 saturated heterocycles. The van der Waals surface area contributed by atoms with Crippen molar-refractivity contribution in [3.8, 4) is 0 Å². The Hall–Kier alpha value is -2.38. The predicted molar refractivity (Wildman–Crippen MR) is 102 cm³/mol. The van der Waals surface area contributed by atoms with Gasteiger partial charge in [-0.05, 0) is 67.9 Å². The number of benzene rings is 2. The van der Waals surface area contributed by atoms with E-state index in [4.69, 9.17) is 12.2 Å².